The van der Waals surface area contributed by atoms with Gasteiger partial charge in [-0.1, -0.05) is 15.9 Å². The third-order valence-electron chi connectivity index (χ3n) is 3.53. The minimum absolute atomic E-state index is 0.141. The van der Waals surface area contributed by atoms with Crippen molar-refractivity contribution in [3.05, 3.63) is 27.7 Å². The van der Waals surface area contributed by atoms with E-state index in [-0.39, 0.29) is 5.91 Å². The van der Waals surface area contributed by atoms with E-state index in [1.54, 1.807) is 0 Å². The number of carbonyl (C=O) groups excluding carboxylic acids is 1. The van der Waals surface area contributed by atoms with Gasteiger partial charge in [0.25, 0.3) is 0 Å². The van der Waals surface area contributed by atoms with Gasteiger partial charge in [0.05, 0.1) is 13.2 Å². The Morgan fingerprint density at radius 2 is 2.15 bits per heavy atom. The van der Waals surface area contributed by atoms with Gasteiger partial charge >= 0.3 is 0 Å². The second kappa shape index (κ2) is 7.09. The Bertz CT molecular complexity index is 487. The molecule has 1 aromatic carbocycles. The molecule has 1 aliphatic rings. The van der Waals surface area contributed by atoms with E-state index in [4.69, 9.17) is 4.74 Å². The molecule has 1 amide bonds. The number of halogens is 1. The first-order chi connectivity index (χ1) is 9.65. The lowest BCUT2D eigenvalue weighted by Crippen LogP contribution is -2.37. The molecule has 0 saturated carbocycles. The molecular weight excluding hydrogens is 320 g/mol. The van der Waals surface area contributed by atoms with Crippen LogP contribution < -0.4 is 10.1 Å². The predicted octanol–water partition coefficient (Wildman–Crippen LogP) is 2.34. The van der Waals surface area contributed by atoms with E-state index in [0.717, 1.165) is 41.9 Å². The number of hydrogen-bond donors (Lipinski definition) is 1. The Morgan fingerprint density at radius 1 is 1.40 bits per heavy atom. The maximum absolute atomic E-state index is 11.9. The largest absolute Gasteiger partial charge is 0.493 e. The van der Waals surface area contributed by atoms with Gasteiger partial charge in [0.15, 0.2) is 0 Å². The van der Waals surface area contributed by atoms with Gasteiger partial charge in [-0.3, -0.25) is 4.79 Å². The van der Waals surface area contributed by atoms with Crippen molar-refractivity contribution in [3.63, 3.8) is 0 Å². The normalized spacial score (nSPS) is 12.9. The van der Waals surface area contributed by atoms with Gasteiger partial charge in [0.2, 0.25) is 5.91 Å². The smallest absolute Gasteiger partial charge is 0.236 e. The van der Waals surface area contributed by atoms with Crippen LogP contribution in [0.5, 0.6) is 5.75 Å². The molecule has 0 bridgehead atoms. The molecule has 1 N–H and O–H groups in total. The highest BCUT2D eigenvalue weighted by Gasteiger charge is 2.17. The number of ether oxygens (including phenoxy) is 1. The molecule has 0 fully saturated rings. The number of amides is 1. The number of nitrogens with zero attached hydrogens (tertiary/aromatic N) is 1. The summed E-state index contributed by atoms with van der Waals surface area (Å²) in [5, 5.41) is 3.22. The zero-order chi connectivity index (χ0) is 14.5. The lowest BCUT2D eigenvalue weighted by atomic mass is 10.1. The zero-order valence-corrected chi connectivity index (χ0v) is 13.6. The van der Waals surface area contributed by atoms with Crippen LogP contribution >= 0.6 is 15.9 Å². The van der Waals surface area contributed by atoms with Gasteiger partial charge in [-0.2, -0.15) is 0 Å². The standard InChI is InChI=1S/C15H21BrN2O2/c1-3-18(4-2)14(19)10-17-9-12-8-13(16)7-11-5-6-20-15(11)12/h7-8,17H,3-6,9-10H2,1-2H3. The molecule has 0 saturated heterocycles. The van der Waals surface area contributed by atoms with Crippen LogP contribution in [0.1, 0.15) is 25.0 Å². The number of hydrogen-bond acceptors (Lipinski definition) is 3. The second-order valence-electron chi connectivity index (χ2n) is 4.82. The molecule has 0 atom stereocenters. The fourth-order valence-electron chi connectivity index (χ4n) is 2.47. The van der Waals surface area contributed by atoms with Crippen LogP contribution in [0.3, 0.4) is 0 Å². The summed E-state index contributed by atoms with van der Waals surface area (Å²) < 4.78 is 6.74. The summed E-state index contributed by atoms with van der Waals surface area (Å²) in [4.78, 5) is 13.7. The summed E-state index contributed by atoms with van der Waals surface area (Å²) in [6, 6.07) is 4.16. The van der Waals surface area contributed by atoms with Crippen LogP contribution in [0, 0.1) is 0 Å². The summed E-state index contributed by atoms with van der Waals surface area (Å²) in [6.45, 7) is 7.26. The minimum atomic E-state index is 0.141. The monoisotopic (exact) mass is 340 g/mol. The minimum Gasteiger partial charge on any atom is -0.493 e. The number of benzene rings is 1. The molecule has 1 heterocycles. The van der Waals surface area contributed by atoms with Crippen LogP contribution in [0.4, 0.5) is 0 Å². The third kappa shape index (κ3) is 3.52. The first-order valence-electron chi connectivity index (χ1n) is 7.08. The van der Waals surface area contributed by atoms with E-state index in [1.807, 2.05) is 18.7 Å². The van der Waals surface area contributed by atoms with E-state index >= 15 is 0 Å². The fraction of sp³-hybridized carbons (Fsp3) is 0.533. The van der Waals surface area contributed by atoms with Gasteiger partial charge in [0.1, 0.15) is 5.75 Å². The Hall–Kier alpha value is -1.07. The summed E-state index contributed by atoms with van der Waals surface area (Å²) in [5.74, 6) is 1.12. The molecule has 0 aromatic heterocycles. The van der Waals surface area contributed by atoms with Crippen LogP contribution in [-0.4, -0.2) is 37.0 Å². The summed E-state index contributed by atoms with van der Waals surface area (Å²) in [7, 11) is 0. The Morgan fingerprint density at radius 3 is 2.85 bits per heavy atom. The number of fused-ring (bicyclic) bond motifs is 1. The molecule has 4 nitrogen and oxygen atoms in total. The summed E-state index contributed by atoms with van der Waals surface area (Å²) in [6.07, 6.45) is 0.958. The Kier molecular flexibility index (Phi) is 5.43. The van der Waals surface area contributed by atoms with Crippen molar-refractivity contribution in [3.8, 4) is 5.75 Å². The zero-order valence-electron chi connectivity index (χ0n) is 12.0. The third-order valence-corrected chi connectivity index (χ3v) is 3.99. The van der Waals surface area contributed by atoms with Crippen molar-refractivity contribution in [2.45, 2.75) is 26.8 Å². The summed E-state index contributed by atoms with van der Waals surface area (Å²) in [5.41, 5.74) is 2.35. The van der Waals surface area contributed by atoms with E-state index in [1.165, 1.54) is 5.56 Å². The first kappa shape index (κ1) is 15.3. The average Bonchev–Trinajstić information content (AvgIpc) is 2.88. The van der Waals surface area contributed by atoms with E-state index < -0.39 is 0 Å². The van der Waals surface area contributed by atoms with Crippen LogP contribution in [0.2, 0.25) is 0 Å². The molecule has 0 unspecified atom stereocenters. The molecule has 20 heavy (non-hydrogen) atoms. The maximum Gasteiger partial charge on any atom is 0.236 e. The topological polar surface area (TPSA) is 41.6 Å². The lowest BCUT2D eigenvalue weighted by Gasteiger charge is -2.19. The van der Waals surface area contributed by atoms with Crippen molar-refractivity contribution in [2.75, 3.05) is 26.2 Å². The van der Waals surface area contributed by atoms with Gasteiger partial charge in [-0.25, -0.2) is 0 Å². The highest BCUT2D eigenvalue weighted by molar-refractivity contribution is 9.10. The molecular formula is C15H21BrN2O2. The van der Waals surface area contributed by atoms with Crippen molar-refractivity contribution in [2.24, 2.45) is 0 Å². The number of nitrogens with one attached hydrogen (secondary N) is 1. The molecule has 1 aromatic rings. The molecule has 0 radical (unpaired) electrons. The quantitative estimate of drug-likeness (QED) is 0.864. The van der Waals surface area contributed by atoms with E-state index in [2.05, 4.69) is 33.4 Å². The molecule has 2 rings (SSSR count). The van der Waals surface area contributed by atoms with Gasteiger partial charge in [0, 0.05) is 36.1 Å². The van der Waals surface area contributed by atoms with E-state index in [0.29, 0.717) is 13.1 Å². The Balaban J connectivity index is 1.93. The highest BCUT2D eigenvalue weighted by Crippen LogP contribution is 2.32. The number of likely N-dealkylation sites (N-methyl/N-ethyl adjacent to an activating group) is 1. The van der Waals surface area contributed by atoms with E-state index in [9.17, 15) is 4.79 Å². The van der Waals surface area contributed by atoms with Crippen molar-refractivity contribution in [1.82, 2.24) is 10.2 Å². The first-order valence-corrected chi connectivity index (χ1v) is 7.87. The van der Waals surface area contributed by atoms with Gasteiger partial charge in [-0.05, 0) is 31.5 Å². The van der Waals surface area contributed by atoms with Gasteiger partial charge < -0.3 is 15.0 Å². The fourth-order valence-corrected chi connectivity index (χ4v) is 3.02. The molecule has 110 valence electrons. The van der Waals surface area contributed by atoms with Gasteiger partial charge in [-0.15, -0.1) is 0 Å². The molecule has 0 aliphatic carbocycles. The van der Waals surface area contributed by atoms with Crippen molar-refractivity contribution < 1.29 is 9.53 Å². The molecule has 5 heteroatoms. The number of carbonyl (C=O) groups is 1. The van der Waals surface area contributed by atoms with Crippen LogP contribution in [0.25, 0.3) is 0 Å². The second-order valence-corrected chi connectivity index (χ2v) is 5.74. The SMILES string of the molecule is CCN(CC)C(=O)CNCc1cc(Br)cc2c1OCC2. The lowest BCUT2D eigenvalue weighted by molar-refractivity contribution is -0.129. The number of rotatable bonds is 6. The van der Waals surface area contributed by atoms with Crippen molar-refractivity contribution >= 4 is 21.8 Å². The summed E-state index contributed by atoms with van der Waals surface area (Å²) >= 11 is 3.52. The highest BCUT2D eigenvalue weighted by atomic mass is 79.9. The maximum atomic E-state index is 11.9. The van der Waals surface area contributed by atoms with Crippen molar-refractivity contribution in [1.29, 1.82) is 0 Å². The Labute approximate surface area is 128 Å². The van der Waals surface area contributed by atoms with Crippen LogP contribution in [0.15, 0.2) is 16.6 Å². The van der Waals surface area contributed by atoms with Crippen LogP contribution in [-0.2, 0) is 17.8 Å². The predicted molar refractivity (Wildman–Crippen MR) is 83.0 cm³/mol. The molecule has 1 aliphatic heterocycles. The average molecular weight is 341 g/mol. The molecule has 0 spiro atoms.